The lowest BCUT2D eigenvalue weighted by atomic mass is 9.97. The minimum Gasteiger partial charge on any atom is -0.311 e. The lowest BCUT2D eigenvalue weighted by Gasteiger charge is -2.13. The fourth-order valence-electron chi connectivity index (χ4n) is 2.46. The maximum absolute atomic E-state index is 4.40. The number of aromatic nitrogens is 2. The Bertz CT molecular complexity index is 434. The maximum Gasteiger partial charge on any atom is 0.0739 e. The molecule has 0 amide bonds. The van der Waals surface area contributed by atoms with Crippen molar-refractivity contribution >= 4 is 15.9 Å². The van der Waals surface area contributed by atoms with Gasteiger partial charge in [-0.3, -0.25) is 4.68 Å². The third kappa shape index (κ3) is 3.45. The van der Waals surface area contributed by atoms with Crippen molar-refractivity contribution in [3.63, 3.8) is 0 Å². The summed E-state index contributed by atoms with van der Waals surface area (Å²) in [7, 11) is 2.00. The fourth-order valence-corrected chi connectivity index (χ4v) is 2.94. The molecule has 2 rings (SSSR count). The minimum atomic E-state index is 0.880. The van der Waals surface area contributed by atoms with Gasteiger partial charge < -0.3 is 5.32 Å². The molecular formula is C14H22BrN3. The average molecular weight is 312 g/mol. The normalized spacial score (nSPS) is 15.8. The molecule has 0 aromatic carbocycles. The molecule has 0 bridgehead atoms. The zero-order valence-corrected chi connectivity index (χ0v) is 12.9. The maximum atomic E-state index is 4.40. The van der Waals surface area contributed by atoms with Gasteiger partial charge in [0.15, 0.2) is 0 Å². The molecule has 0 saturated heterocycles. The highest BCUT2D eigenvalue weighted by molar-refractivity contribution is 9.10. The van der Waals surface area contributed by atoms with Crippen LogP contribution >= 0.6 is 15.9 Å². The summed E-state index contributed by atoms with van der Waals surface area (Å²) in [5.41, 5.74) is 3.92. The van der Waals surface area contributed by atoms with Crippen LogP contribution in [0.5, 0.6) is 0 Å². The molecule has 0 radical (unpaired) electrons. The van der Waals surface area contributed by atoms with E-state index in [1.165, 1.54) is 37.8 Å². The van der Waals surface area contributed by atoms with Crippen molar-refractivity contribution in [2.45, 2.75) is 45.6 Å². The van der Waals surface area contributed by atoms with Crippen LogP contribution < -0.4 is 5.32 Å². The quantitative estimate of drug-likeness (QED) is 0.666. The van der Waals surface area contributed by atoms with E-state index in [1.54, 1.807) is 5.57 Å². The Balaban J connectivity index is 1.76. The van der Waals surface area contributed by atoms with E-state index in [0.29, 0.717) is 0 Å². The van der Waals surface area contributed by atoms with E-state index in [0.717, 1.165) is 23.3 Å². The number of nitrogens with zero attached hydrogens (tertiary/aromatic N) is 2. The summed E-state index contributed by atoms with van der Waals surface area (Å²) in [5.74, 6) is 0. The second-order valence-electron chi connectivity index (χ2n) is 5.00. The van der Waals surface area contributed by atoms with E-state index in [1.807, 2.05) is 18.7 Å². The summed E-state index contributed by atoms with van der Waals surface area (Å²) in [6, 6.07) is 0. The first-order valence-corrected chi connectivity index (χ1v) is 7.54. The predicted molar refractivity (Wildman–Crippen MR) is 78.5 cm³/mol. The Morgan fingerprint density at radius 1 is 1.44 bits per heavy atom. The van der Waals surface area contributed by atoms with Crippen molar-refractivity contribution in [2.24, 2.45) is 7.05 Å². The Kier molecular flexibility index (Phi) is 5.01. The number of hydrogen-bond donors (Lipinski definition) is 1. The number of rotatable bonds is 5. The van der Waals surface area contributed by atoms with Crippen molar-refractivity contribution in [2.75, 3.05) is 6.54 Å². The molecule has 1 heterocycles. The van der Waals surface area contributed by atoms with Crippen LogP contribution in [-0.2, 0) is 13.6 Å². The molecule has 0 atom stereocenters. The SMILES string of the molecule is Cc1nn(C)c(CNCCC2=CCCCC2)c1Br. The molecule has 0 saturated carbocycles. The molecule has 3 nitrogen and oxygen atoms in total. The predicted octanol–water partition coefficient (Wildman–Crippen LogP) is 3.47. The van der Waals surface area contributed by atoms with Gasteiger partial charge in [0.25, 0.3) is 0 Å². The smallest absolute Gasteiger partial charge is 0.0739 e. The van der Waals surface area contributed by atoms with Crippen LogP contribution in [0.15, 0.2) is 16.1 Å². The van der Waals surface area contributed by atoms with Crippen LogP contribution in [0, 0.1) is 6.92 Å². The summed E-state index contributed by atoms with van der Waals surface area (Å²) < 4.78 is 3.08. The minimum absolute atomic E-state index is 0.880. The van der Waals surface area contributed by atoms with Gasteiger partial charge in [-0.05, 0) is 61.5 Å². The van der Waals surface area contributed by atoms with E-state index in [4.69, 9.17) is 0 Å². The Labute approximate surface area is 118 Å². The first-order chi connectivity index (χ1) is 8.68. The third-order valence-corrected chi connectivity index (χ3v) is 4.59. The Morgan fingerprint density at radius 2 is 2.28 bits per heavy atom. The summed E-state index contributed by atoms with van der Waals surface area (Å²) >= 11 is 3.60. The molecule has 1 N–H and O–H groups in total. The first kappa shape index (κ1) is 13.8. The number of nitrogens with one attached hydrogen (secondary N) is 1. The number of aryl methyl sites for hydroxylation is 2. The molecule has 0 spiro atoms. The molecule has 100 valence electrons. The second kappa shape index (κ2) is 6.53. The molecule has 4 heteroatoms. The van der Waals surface area contributed by atoms with Crippen molar-refractivity contribution in [1.82, 2.24) is 15.1 Å². The molecule has 18 heavy (non-hydrogen) atoms. The highest BCUT2D eigenvalue weighted by Crippen LogP contribution is 2.21. The van der Waals surface area contributed by atoms with Gasteiger partial charge >= 0.3 is 0 Å². The summed E-state index contributed by atoms with van der Waals surface area (Å²) in [6.45, 7) is 3.97. The van der Waals surface area contributed by atoms with E-state index in [9.17, 15) is 0 Å². The van der Waals surface area contributed by atoms with Crippen molar-refractivity contribution in [3.8, 4) is 0 Å². The number of halogens is 1. The number of allylic oxidation sites excluding steroid dienone is 1. The van der Waals surface area contributed by atoms with Crippen LogP contribution in [0.3, 0.4) is 0 Å². The van der Waals surface area contributed by atoms with Gasteiger partial charge in [0.1, 0.15) is 0 Å². The molecule has 1 aliphatic rings. The zero-order chi connectivity index (χ0) is 13.0. The molecule has 1 aliphatic carbocycles. The zero-order valence-electron chi connectivity index (χ0n) is 11.3. The van der Waals surface area contributed by atoms with Crippen LogP contribution in [0.1, 0.15) is 43.5 Å². The summed E-state index contributed by atoms with van der Waals surface area (Å²) in [4.78, 5) is 0. The topological polar surface area (TPSA) is 29.9 Å². The Morgan fingerprint density at radius 3 is 2.89 bits per heavy atom. The van der Waals surface area contributed by atoms with Crippen molar-refractivity contribution in [3.05, 3.63) is 27.5 Å². The van der Waals surface area contributed by atoms with Gasteiger partial charge in [0, 0.05) is 13.6 Å². The van der Waals surface area contributed by atoms with Gasteiger partial charge in [-0.1, -0.05) is 11.6 Å². The highest BCUT2D eigenvalue weighted by Gasteiger charge is 2.10. The van der Waals surface area contributed by atoms with Crippen molar-refractivity contribution in [1.29, 1.82) is 0 Å². The fraction of sp³-hybridized carbons (Fsp3) is 0.643. The molecule has 0 aliphatic heterocycles. The lowest BCUT2D eigenvalue weighted by molar-refractivity contribution is 0.603. The van der Waals surface area contributed by atoms with E-state index < -0.39 is 0 Å². The molecular weight excluding hydrogens is 290 g/mol. The molecule has 1 aromatic rings. The van der Waals surface area contributed by atoms with E-state index in [2.05, 4.69) is 32.4 Å². The Hall–Kier alpha value is -0.610. The third-order valence-electron chi connectivity index (χ3n) is 3.56. The van der Waals surface area contributed by atoms with Gasteiger partial charge in [-0.25, -0.2) is 0 Å². The summed E-state index contributed by atoms with van der Waals surface area (Å²) in [6.07, 6.45) is 8.94. The molecule has 0 fully saturated rings. The van der Waals surface area contributed by atoms with Crippen LogP contribution in [-0.4, -0.2) is 16.3 Å². The largest absolute Gasteiger partial charge is 0.311 e. The van der Waals surface area contributed by atoms with Crippen LogP contribution in [0.2, 0.25) is 0 Å². The van der Waals surface area contributed by atoms with Crippen LogP contribution in [0.4, 0.5) is 0 Å². The van der Waals surface area contributed by atoms with Gasteiger partial charge in [-0.2, -0.15) is 5.10 Å². The standard InChI is InChI=1S/C14H22BrN3/c1-11-14(15)13(18(2)17-11)10-16-9-8-12-6-4-3-5-7-12/h6,16H,3-5,7-10H2,1-2H3. The number of hydrogen-bond acceptors (Lipinski definition) is 2. The lowest BCUT2D eigenvalue weighted by Crippen LogP contribution is -2.18. The van der Waals surface area contributed by atoms with E-state index in [-0.39, 0.29) is 0 Å². The first-order valence-electron chi connectivity index (χ1n) is 6.75. The summed E-state index contributed by atoms with van der Waals surface area (Å²) in [5, 5.41) is 7.91. The second-order valence-corrected chi connectivity index (χ2v) is 5.80. The molecule has 1 aromatic heterocycles. The highest BCUT2D eigenvalue weighted by atomic mass is 79.9. The molecule has 0 unspecified atom stereocenters. The average Bonchev–Trinajstić information content (AvgIpc) is 2.61. The van der Waals surface area contributed by atoms with Crippen LogP contribution in [0.25, 0.3) is 0 Å². The van der Waals surface area contributed by atoms with E-state index >= 15 is 0 Å². The van der Waals surface area contributed by atoms with Crippen molar-refractivity contribution < 1.29 is 0 Å². The van der Waals surface area contributed by atoms with Gasteiger partial charge in [0.05, 0.1) is 15.9 Å². The van der Waals surface area contributed by atoms with Gasteiger partial charge in [0.2, 0.25) is 0 Å². The monoisotopic (exact) mass is 311 g/mol. The van der Waals surface area contributed by atoms with Gasteiger partial charge in [-0.15, -0.1) is 0 Å².